The van der Waals surface area contributed by atoms with E-state index >= 15 is 0 Å². The summed E-state index contributed by atoms with van der Waals surface area (Å²) in [5, 5.41) is 2.76. The molecule has 10 heteroatoms. The first kappa shape index (κ1) is 24.4. The predicted molar refractivity (Wildman–Crippen MR) is 125 cm³/mol. The lowest BCUT2D eigenvalue weighted by molar-refractivity contribution is -0.128. The molecule has 1 saturated heterocycles. The molecule has 2 amide bonds. The number of nitrogens with one attached hydrogen (secondary N) is 1. The van der Waals surface area contributed by atoms with Gasteiger partial charge in [0.1, 0.15) is 18.0 Å². The fourth-order valence-electron chi connectivity index (χ4n) is 3.61. The first-order chi connectivity index (χ1) is 15.7. The lowest BCUT2D eigenvalue weighted by atomic mass is 10.1. The fraction of sp³-hybridized carbons (Fsp3) is 0.391. The minimum atomic E-state index is -3.77. The van der Waals surface area contributed by atoms with Crippen LogP contribution in [0.5, 0.6) is 11.5 Å². The van der Waals surface area contributed by atoms with Gasteiger partial charge in [0, 0.05) is 32.1 Å². The molecule has 0 bridgehead atoms. The van der Waals surface area contributed by atoms with Gasteiger partial charge in [-0.15, -0.1) is 0 Å². The molecule has 0 saturated carbocycles. The molecule has 3 rings (SSSR count). The number of hydrogen-bond donors (Lipinski definition) is 1. The third kappa shape index (κ3) is 6.38. The molecular weight excluding hydrogens is 446 g/mol. The molecule has 9 nitrogen and oxygen atoms in total. The first-order valence-electron chi connectivity index (χ1n) is 10.5. The standard InChI is InChI=1S/C23H29N3O6S/c1-31-19-10-11-21(32-2)20(13-19)26(33(3,29)30)16-22(27)24-14-17-6-8-18(9-7-17)15-25-12-4-5-23(25)28/h6-11,13H,4-5,12,14-16H2,1-3H3,(H,24,27). The van der Waals surface area contributed by atoms with Crippen LogP contribution in [0.3, 0.4) is 0 Å². The minimum Gasteiger partial charge on any atom is -0.497 e. The molecule has 1 fully saturated rings. The maximum Gasteiger partial charge on any atom is 0.241 e. The summed E-state index contributed by atoms with van der Waals surface area (Å²) < 4.78 is 36.3. The summed E-state index contributed by atoms with van der Waals surface area (Å²) >= 11 is 0. The van der Waals surface area contributed by atoms with Crippen molar-refractivity contribution in [3.05, 3.63) is 53.6 Å². The number of ether oxygens (including phenoxy) is 2. The SMILES string of the molecule is COc1ccc(OC)c(N(CC(=O)NCc2ccc(CN3CCCC3=O)cc2)S(C)(=O)=O)c1. The second-order valence-corrected chi connectivity index (χ2v) is 9.73. The average molecular weight is 476 g/mol. The van der Waals surface area contributed by atoms with E-state index in [1.54, 1.807) is 12.1 Å². The zero-order valence-corrected chi connectivity index (χ0v) is 19.9. The van der Waals surface area contributed by atoms with Crippen LogP contribution in [0, 0.1) is 0 Å². The van der Waals surface area contributed by atoms with Gasteiger partial charge >= 0.3 is 0 Å². The Kier molecular flexibility index (Phi) is 7.80. The van der Waals surface area contributed by atoms with Crippen molar-refractivity contribution in [3.8, 4) is 11.5 Å². The van der Waals surface area contributed by atoms with E-state index in [0.29, 0.717) is 24.5 Å². The van der Waals surface area contributed by atoms with Crippen LogP contribution in [0.15, 0.2) is 42.5 Å². The first-order valence-corrected chi connectivity index (χ1v) is 12.4. The molecule has 0 aliphatic carbocycles. The summed E-state index contributed by atoms with van der Waals surface area (Å²) in [4.78, 5) is 26.2. The molecular formula is C23H29N3O6S. The molecule has 0 spiro atoms. The smallest absolute Gasteiger partial charge is 0.241 e. The van der Waals surface area contributed by atoms with Crippen LogP contribution in [0.2, 0.25) is 0 Å². The third-order valence-electron chi connectivity index (χ3n) is 5.40. The number of carbonyl (C=O) groups excluding carboxylic acids is 2. The summed E-state index contributed by atoms with van der Waals surface area (Å²) in [5.74, 6) is 0.461. The van der Waals surface area contributed by atoms with E-state index in [1.165, 1.54) is 20.3 Å². The fourth-order valence-corrected chi connectivity index (χ4v) is 4.47. The zero-order chi connectivity index (χ0) is 24.0. The largest absolute Gasteiger partial charge is 0.497 e. The summed E-state index contributed by atoms with van der Waals surface area (Å²) in [6.07, 6.45) is 2.54. The Morgan fingerprint density at radius 1 is 1.09 bits per heavy atom. The van der Waals surface area contributed by atoms with Gasteiger partial charge in [-0.3, -0.25) is 13.9 Å². The van der Waals surface area contributed by atoms with Crippen LogP contribution in [0.25, 0.3) is 0 Å². The normalized spacial score (nSPS) is 13.7. The van der Waals surface area contributed by atoms with E-state index in [4.69, 9.17) is 9.47 Å². The molecule has 2 aromatic rings. The molecule has 178 valence electrons. The number of amides is 2. The Balaban J connectivity index is 1.64. The van der Waals surface area contributed by atoms with Crippen LogP contribution in [-0.4, -0.2) is 58.7 Å². The van der Waals surface area contributed by atoms with Crippen LogP contribution in [0.1, 0.15) is 24.0 Å². The molecule has 0 unspecified atom stereocenters. The molecule has 2 aromatic carbocycles. The van der Waals surface area contributed by atoms with Gasteiger partial charge in [-0.1, -0.05) is 24.3 Å². The summed E-state index contributed by atoms with van der Waals surface area (Å²) in [6, 6.07) is 12.4. The van der Waals surface area contributed by atoms with E-state index in [-0.39, 0.29) is 18.1 Å². The molecule has 1 N–H and O–H groups in total. The maximum atomic E-state index is 12.6. The predicted octanol–water partition coefficient (Wildman–Crippen LogP) is 1.91. The Morgan fingerprint density at radius 3 is 2.36 bits per heavy atom. The lowest BCUT2D eigenvalue weighted by Gasteiger charge is -2.24. The molecule has 0 aromatic heterocycles. The van der Waals surface area contributed by atoms with E-state index in [2.05, 4.69) is 5.32 Å². The second-order valence-electron chi connectivity index (χ2n) is 7.82. The van der Waals surface area contributed by atoms with E-state index in [0.717, 1.165) is 34.7 Å². The van der Waals surface area contributed by atoms with Crippen molar-refractivity contribution < 1.29 is 27.5 Å². The number of nitrogens with zero attached hydrogens (tertiary/aromatic N) is 2. The van der Waals surface area contributed by atoms with Gasteiger partial charge < -0.3 is 19.7 Å². The van der Waals surface area contributed by atoms with Gasteiger partial charge in [0.2, 0.25) is 21.8 Å². The number of hydrogen-bond acceptors (Lipinski definition) is 6. The Hall–Kier alpha value is -3.27. The highest BCUT2D eigenvalue weighted by molar-refractivity contribution is 7.92. The average Bonchev–Trinajstić information content (AvgIpc) is 3.20. The van der Waals surface area contributed by atoms with Crippen LogP contribution >= 0.6 is 0 Å². The highest BCUT2D eigenvalue weighted by Gasteiger charge is 2.25. The van der Waals surface area contributed by atoms with Gasteiger partial charge in [0.15, 0.2) is 0 Å². The molecule has 1 heterocycles. The number of likely N-dealkylation sites (tertiary alicyclic amines) is 1. The Morgan fingerprint density at radius 2 is 1.79 bits per heavy atom. The lowest BCUT2D eigenvalue weighted by Crippen LogP contribution is -2.40. The van der Waals surface area contributed by atoms with Gasteiger partial charge in [-0.05, 0) is 29.7 Å². The molecule has 33 heavy (non-hydrogen) atoms. The summed E-state index contributed by atoms with van der Waals surface area (Å²) in [7, 11) is -0.875. The van der Waals surface area contributed by atoms with Crippen LogP contribution in [-0.2, 0) is 32.7 Å². The van der Waals surface area contributed by atoms with Crippen molar-refractivity contribution in [2.75, 3.05) is 37.9 Å². The maximum absolute atomic E-state index is 12.6. The molecule has 0 radical (unpaired) electrons. The minimum absolute atomic E-state index is 0.175. The second kappa shape index (κ2) is 10.6. The highest BCUT2D eigenvalue weighted by atomic mass is 32.2. The third-order valence-corrected chi connectivity index (χ3v) is 6.53. The number of anilines is 1. The zero-order valence-electron chi connectivity index (χ0n) is 19.0. The Bertz CT molecular complexity index is 1100. The van der Waals surface area contributed by atoms with Crippen molar-refractivity contribution >= 4 is 27.5 Å². The molecule has 1 aliphatic heterocycles. The van der Waals surface area contributed by atoms with Crippen LogP contribution in [0.4, 0.5) is 5.69 Å². The number of rotatable bonds is 10. The topological polar surface area (TPSA) is 105 Å². The summed E-state index contributed by atoms with van der Waals surface area (Å²) in [6.45, 7) is 1.20. The summed E-state index contributed by atoms with van der Waals surface area (Å²) in [5.41, 5.74) is 2.11. The number of sulfonamides is 1. The van der Waals surface area contributed by atoms with Crippen LogP contribution < -0.4 is 19.1 Å². The van der Waals surface area contributed by atoms with E-state index in [9.17, 15) is 18.0 Å². The number of methoxy groups -OCH3 is 2. The van der Waals surface area contributed by atoms with Crippen molar-refractivity contribution in [1.29, 1.82) is 0 Å². The number of benzene rings is 2. The van der Waals surface area contributed by atoms with Crippen molar-refractivity contribution in [2.45, 2.75) is 25.9 Å². The van der Waals surface area contributed by atoms with Gasteiger partial charge in [-0.2, -0.15) is 0 Å². The highest BCUT2D eigenvalue weighted by Crippen LogP contribution is 2.33. The van der Waals surface area contributed by atoms with Crippen molar-refractivity contribution in [3.63, 3.8) is 0 Å². The Labute approximate surface area is 194 Å². The molecule has 0 atom stereocenters. The van der Waals surface area contributed by atoms with E-state index < -0.39 is 22.5 Å². The molecule has 1 aliphatic rings. The van der Waals surface area contributed by atoms with Gasteiger partial charge in [-0.25, -0.2) is 8.42 Å². The van der Waals surface area contributed by atoms with Gasteiger partial charge in [0.05, 0.1) is 26.2 Å². The van der Waals surface area contributed by atoms with Gasteiger partial charge in [0.25, 0.3) is 0 Å². The quantitative estimate of drug-likeness (QED) is 0.563. The monoisotopic (exact) mass is 475 g/mol. The van der Waals surface area contributed by atoms with Crippen molar-refractivity contribution in [1.82, 2.24) is 10.2 Å². The van der Waals surface area contributed by atoms with E-state index in [1.807, 2.05) is 29.2 Å². The van der Waals surface area contributed by atoms with Crippen molar-refractivity contribution in [2.24, 2.45) is 0 Å². The number of carbonyl (C=O) groups is 2.